The van der Waals surface area contributed by atoms with E-state index in [1.54, 1.807) is 6.92 Å². The van der Waals surface area contributed by atoms with Gasteiger partial charge in [-0.25, -0.2) is 9.79 Å². The number of ether oxygens (including phenoxy) is 2. The van der Waals surface area contributed by atoms with Crippen molar-refractivity contribution in [3.05, 3.63) is 28.2 Å². The van der Waals surface area contributed by atoms with E-state index in [-0.39, 0.29) is 28.9 Å². The topological polar surface area (TPSA) is 65.0 Å². The monoisotopic (exact) mass is 409 g/mol. The maximum atomic E-state index is 13.0. The average molecular weight is 410 g/mol. The first-order valence-corrected chi connectivity index (χ1v) is 7.75. The molecule has 0 unspecified atom stereocenters. The number of aliphatic imine (C=N–C) groups is 1. The second-order valence-corrected chi connectivity index (χ2v) is 5.28. The van der Waals surface area contributed by atoms with E-state index >= 15 is 0 Å². The standard InChI is InChI=1S/C15H15BrF3NO4/c1-3-23-13(21)8-12(15(17,18)19)20-11-6-5-9(7-10(11)16)14(22)24-4-2/h5-7H,3-4,8H2,1-2H3. The van der Waals surface area contributed by atoms with Gasteiger partial charge in [-0.05, 0) is 48.0 Å². The summed E-state index contributed by atoms with van der Waals surface area (Å²) in [6.45, 7) is 3.28. The number of carbonyl (C=O) groups is 2. The van der Waals surface area contributed by atoms with E-state index in [0.29, 0.717) is 0 Å². The highest BCUT2D eigenvalue weighted by molar-refractivity contribution is 9.10. The van der Waals surface area contributed by atoms with Crippen LogP contribution < -0.4 is 0 Å². The van der Waals surface area contributed by atoms with Gasteiger partial charge in [0.05, 0.1) is 30.9 Å². The minimum absolute atomic E-state index is 0.0259. The summed E-state index contributed by atoms with van der Waals surface area (Å²) < 4.78 is 48.5. The van der Waals surface area contributed by atoms with Gasteiger partial charge in [0.15, 0.2) is 0 Å². The van der Waals surface area contributed by atoms with Crippen LogP contribution in [0.25, 0.3) is 0 Å². The summed E-state index contributed by atoms with van der Waals surface area (Å²) in [5.41, 5.74) is -1.19. The number of carbonyl (C=O) groups excluding carboxylic acids is 2. The minimum atomic E-state index is -4.79. The normalized spacial score (nSPS) is 12.0. The summed E-state index contributed by atoms with van der Waals surface area (Å²) in [5.74, 6) is -1.62. The van der Waals surface area contributed by atoms with Crippen LogP contribution in [-0.4, -0.2) is 37.0 Å². The first-order chi connectivity index (χ1) is 11.2. The Bertz CT molecular complexity index is 644. The Morgan fingerprint density at radius 2 is 1.79 bits per heavy atom. The molecule has 24 heavy (non-hydrogen) atoms. The maximum absolute atomic E-state index is 13.0. The Morgan fingerprint density at radius 1 is 1.17 bits per heavy atom. The quantitative estimate of drug-likeness (QED) is 0.521. The molecule has 0 aliphatic rings. The fourth-order valence-electron chi connectivity index (χ4n) is 1.64. The molecule has 0 aromatic heterocycles. The predicted octanol–water partition coefficient (Wildman–Crippen LogP) is 4.21. The third-order valence-corrected chi connectivity index (χ3v) is 3.29. The van der Waals surface area contributed by atoms with Crippen molar-refractivity contribution in [1.29, 1.82) is 0 Å². The number of nitrogens with zero attached hydrogens (tertiary/aromatic N) is 1. The summed E-state index contributed by atoms with van der Waals surface area (Å²) >= 11 is 3.06. The number of alkyl halides is 3. The van der Waals surface area contributed by atoms with Crippen LogP contribution in [0.3, 0.4) is 0 Å². The molecular weight excluding hydrogens is 395 g/mol. The predicted molar refractivity (Wildman–Crippen MR) is 84.5 cm³/mol. The van der Waals surface area contributed by atoms with Crippen LogP contribution >= 0.6 is 15.9 Å². The van der Waals surface area contributed by atoms with Crippen LogP contribution in [0.2, 0.25) is 0 Å². The first kappa shape index (κ1) is 20.1. The van der Waals surface area contributed by atoms with Crippen molar-refractivity contribution >= 4 is 39.3 Å². The van der Waals surface area contributed by atoms with Crippen molar-refractivity contribution in [3.8, 4) is 0 Å². The molecule has 0 spiro atoms. The zero-order valence-corrected chi connectivity index (χ0v) is 14.5. The second kappa shape index (κ2) is 8.81. The summed E-state index contributed by atoms with van der Waals surface area (Å²) in [7, 11) is 0. The Morgan fingerprint density at radius 3 is 2.29 bits per heavy atom. The van der Waals surface area contributed by atoms with Crippen LogP contribution in [0.5, 0.6) is 0 Å². The zero-order chi connectivity index (χ0) is 18.3. The molecule has 1 aromatic carbocycles. The van der Waals surface area contributed by atoms with E-state index in [9.17, 15) is 22.8 Å². The van der Waals surface area contributed by atoms with Crippen LogP contribution in [0, 0.1) is 0 Å². The number of benzene rings is 1. The van der Waals surface area contributed by atoms with Crippen molar-refractivity contribution in [2.75, 3.05) is 13.2 Å². The van der Waals surface area contributed by atoms with E-state index in [2.05, 4.69) is 25.7 Å². The number of hydrogen-bond acceptors (Lipinski definition) is 5. The van der Waals surface area contributed by atoms with Gasteiger partial charge in [0.2, 0.25) is 0 Å². The van der Waals surface area contributed by atoms with E-state index in [1.165, 1.54) is 25.1 Å². The molecule has 0 saturated carbocycles. The summed E-state index contributed by atoms with van der Waals surface area (Å²) in [4.78, 5) is 26.4. The van der Waals surface area contributed by atoms with Crippen LogP contribution in [-0.2, 0) is 14.3 Å². The van der Waals surface area contributed by atoms with Crippen molar-refractivity contribution in [1.82, 2.24) is 0 Å². The number of rotatable bonds is 6. The van der Waals surface area contributed by atoms with Gasteiger partial charge >= 0.3 is 18.1 Å². The molecule has 0 fully saturated rings. The fraction of sp³-hybridized carbons (Fsp3) is 0.400. The molecule has 0 heterocycles. The molecule has 0 aliphatic heterocycles. The highest BCUT2D eigenvalue weighted by atomic mass is 79.9. The molecular formula is C15H15BrF3NO4. The number of halogens is 4. The van der Waals surface area contributed by atoms with Gasteiger partial charge in [-0.3, -0.25) is 4.79 Å². The Kier molecular flexibility index (Phi) is 7.40. The molecule has 1 rings (SSSR count). The molecule has 0 N–H and O–H groups in total. The lowest BCUT2D eigenvalue weighted by Crippen LogP contribution is -2.26. The molecule has 132 valence electrons. The Labute approximate surface area is 145 Å². The van der Waals surface area contributed by atoms with Crippen molar-refractivity contribution in [2.24, 2.45) is 4.99 Å². The molecule has 0 amide bonds. The van der Waals surface area contributed by atoms with Gasteiger partial charge < -0.3 is 9.47 Å². The largest absolute Gasteiger partial charge is 0.466 e. The van der Waals surface area contributed by atoms with Gasteiger partial charge in [-0.1, -0.05) is 0 Å². The zero-order valence-electron chi connectivity index (χ0n) is 12.9. The van der Waals surface area contributed by atoms with Gasteiger partial charge in [0, 0.05) is 4.47 Å². The minimum Gasteiger partial charge on any atom is -0.466 e. The van der Waals surface area contributed by atoms with Crippen molar-refractivity contribution < 1.29 is 32.2 Å². The van der Waals surface area contributed by atoms with Gasteiger partial charge in [0.25, 0.3) is 0 Å². The van der Waals surface area contributed by atoms with E-state index in [4.69, 9.17) is 4.74 Å². The van der Waals surface area contributed by atoms with Gasteiger partial charge in [0.1, 0.15) is 5.71 Å². The molecule has 5 nitrogen and oxygen atoms in total. The lowest BCUT2D eigenvalue weighted by Gasteiger charge is -2.11. The summed E-state index contributed by atoms with van der Waals surface area (Å²) in [5, 5.41) is 0. The average Bonchev–Trinajstić information content (AvgIpc) is 2.47. The Hall–Kier alpha value is -1.90. The van der Waals surface area contributed by atoms with Crippen molar-refractivity contribution in [2.45, 2.75) is 26.4 Å². The molecule has 0 bridgehead atoms. The van der Waals surface area contributed by atoms with E-state index < -0.39 is 30.2 Å². The SMILES string of the molecule is CCOC(=O)CC(=Nc1ccc(C(=O)OCC)cc1Br)C(F)(F)F. The molecule has 0 atom stereocenters. The molecule has 1 aromatic rings. The highest BCUT2D eigenvalue weighted by Crippen LogP contribution is 2.30. The first-order valence-electron chi connectivity index (χ1n) is 6.96. The summed E-state index contributed by atoms with van der Waals surface area (Å²) in [6.07, 6.45) is -5.78. The van der Waals surface area contributed by atoms with Crippen LogP contribution in [0.15, 0.2) is 27.7 Å². The van der Waals surface area contributed by atoms with E-state index in [1.807, 2.05) is 0 Å². The molecule has 0 saturated heterocycles. The summed E-state index contributed by atoms with van der Waals surface area (Å²) in [6, 6.07) is 3.82. The Balaban J connectivity index is 3.13. The maximum Gasteiger partial charge on any atom is 0.430 e. The molecule has 9 heteroatoms. The fourth-order valence-corrected chi connectivity index (χ4v) is 2.10. The van der Waals surface area contributed by atoms with Crippen molar-refractivity contribution in [3.63, 3.8) is 0 Å². The lowest BCUT2D eigenvalue weighted by atomic mass is 10.2. The molecule has 0 aliphatic carbocycles. The number of esters is 2. The van der Waals surface area contributed by atoms with E-state index in [0.717, 1.165) is 0 Å². The van der Waals surface area contributed by atoms with Crippen LogP contribution in [0.4, 0.5) is 18.9 Å². The smallest absolute Gasteiger partial charge is 0.430 e. The van der Waals surface area contributed by atoms with Gasteiger partial charge in [-0.15, -0.1) is 0 Å². The third kappa shape index (κ3) is 5.95. The highest BCUT2D eigenvalue weighted by Gasteiger charge is 2.37. The third-order valence-electron chi connectivity index (χ3n) is 2.66. The van der Waals surface area contributed by atoms with Gasteiger partial charge in [-0.2, -0.15) is 13.2 Å². The second-order valence-electron chi connectivity index (χ2n) is 4.42. The number of hydrogen-bond donors (Lipinski definition) is 0. The lowest BCUT2D eigenvalue weighted by molar-refractivity contribution is -0.142. The molecule has 0 radical (unpaired) electrons. The van der Waals surface area contributed by atoms with Crippen LogP contribution in [0.1, 0.15) is 30.6 Å².